The van der Waals surface area contributed by atoms with Crippen LogP contribution >= 0.6 is 11.3 Å². The molecule has 134 valence electrons. The van der Waals surface area contributed by atoms with Gasteiger partial charge in [-0.05, 0) is 31.0 Å². The number of hydrogen-bond donors (Lipinski definition) is 2. The van der Waals surface area contributed by atoms with E-state index in [-0.39, 0.29) is 17.2 Å². The van der Waals surface area contributed by atoms with E-state index in [0.29, 0.717) is 15.6 Å². The minimum absolute atomic E-state index is 0.0691. The molecule has 2 N–H and O–H groups in total. The van der Waals surface area contributed by atoms with E-state index in [1.807, 2.05) is 13.8 Å². The Morgan fingerprint density at radius 3 is 2.46 bits per heavy atom. The van der Waals surface area contributed by atoms with Crippen LogP contribution in [0.25, 0.3) is 10.8 Å². The molecule has 0 saturated carbocycles. The topological polar surface area (TPSA) is 93.1 Å². The van der Waals surface area contributed by atoms with Crippen LogP contribution < -0.4 is 16.4 Å². The Kier molecular flexibility index (Phi) is 4.85. The fourth-order valence-corrected chi connectivity index (χ4v) is 3.69. The summed E-state index contributed by atoms with van der Waals surface area (Å²) in [5.41, 5.74) is 5.61. The molecule has 0 bridgehead atoms. The van der Waals surface area contributed by atoms with Crippen LogP contribution in [0, 0.1) is 6.92 Å². The summed E-state index contributed by atoms with van der Waals surface area (Å²) >= 11 is 1.40. The number of aryl methyl sites for hydroxylation is 3. The van der Waals surface area contributed by atoms with E-state index >= 15 is 0 Å². The van der Waals surface area contributed by atoms with Gasteiger partial charge in [-0.25, -0.2) is 4.68 Å². The maximum Gasteiger partial charge on any atom is 0.290 e. The number of hydrazine groups is 1. The first-order valence-electron chi connectivity index (χ1n) is 8.08. The summed E-state index contributed by atoms with van der Waals surface area (Å²) in [7, 11) is 1.48. The van der Waals surface area contributed by atoms with Crippen molar-refractivity contribution in [2.75, 3.05) is 0 Å². The number of nitrogens with one attached hydrogen (secondary N) is 2. The van der Waals surface area contributed by atoms with Gasteiger partial charge in [0.2, 0.25) is 0 Å². The zero-order chi connectivity index (χ0) is 18.8. The van der Waals surface area contributed by atoms with Crippen molar-refractivity contribution < 1.29 is 9.59 Å². The highest BCUT2D eigenvalue weighted by molar-refractivity contribution is 7.14. The van der Waals surface area contributed by atoms with E-state index in [2.05, 4.69) is 16.0 Å². The van der Waals surface area contributed by atoms with Gasteiger partial charge in [-0.2, -0.15) is 5.10 Å². The molecule has 0 spiro atoms. The van der Waals surface area contributed by atoms with Crippen LogP contribution in [0.5, 0.6) is 0 Å². The van der Waals surface area contributed by atoms with Crippen molar-refractivity contribution in [3.63, 3.8) is 0 Å². The fourth-order valence-electron chi connectivity index (χ4n) is 2.68. The van der Waals surface area contributed by atoms with Crippen molar-refractivity contribution in [1.82, 2.24) is 20.6 Å². The van der Waals surface area contributed by atoms with Gasteiger partial charge in [0.05, 0.1) is 10.3 Å². The van der Waals surface area contributed by atoms with Crippen molar-refractivity contribution in [3.05, 3.63) is 61.7 Å². The summed E-state index contributed by atoms with van der Waals surface area (Å²) in [6.07, 6.45) is 0.851. The summed E-state index contributed by atoms with van der Waals surface area (Å²) in [6.45, 7) is 3.98. The average molecular weight is 370 g/mol. The number of carbonyl (C=O) groups excluding carboxylic acids is 2. The summed E-state index contributed by atoms with van der Waals surface area (Å²) < 4.78 is 1.11. The molecule has 0 saturated heterocycles. The Labute approximate surface area is 153 Å². The molecule has 0 unspecified atom stereocenters. The van der Waals surface area contributed by atoms with Gasteiger partial charge in [0, 0.05) is 17.3 Å². The summed E-state index contributed by atoms with van der Waals surface area (Å²) in [5, 5.41) is 4.85. The lowest BCUT2D eigenvalue weighted by molar-refractivity contribution is 0.0846. The highest BCUT2D eigenvalue weighted by atomic mass is 32.1. The number of hydrogen-bond acceptors (Lipinski definition) is 5. The monoisotopic (exact) mass is 370 g/mol. The Balaban J connectivity index is 1.82. The first-order chi connectivity index (χ1) is 12.4. The number of fused-ring (bicyclic) bond motifs is 1. The fraction of sp³-hybridized carbons (Fsp3) is 0.222. The predicted molar refractivity (Wildman–Crippen MR) is 100 cm³/mol. The third kappa shape index (κ3) is 3.23. The number of thiophene rings is 1. The van der Waals surface area contributed by atoms with Gasteiger partial charge in [-0.15, -0.1) is 11.3 Å². The van der Waals surface area contributed by atoms with Crippen LogP contribution in [0.1, 0.15) is 37.5 Å². The Bertz CT molecular complexity index is 1070. The Morgan fingerprint density at radius 1 is 1.15 bits per heavy atom. The van der Waals surface area contributed by atoms with Gasteiger partial charge in [-0.1, -0.05) is 25.1 Å². The van der Waals surface area contributed by atoms with Gasteiger partial charge in [0.25, 0.3) is 17.4 Å². The van der Waals surface area contributed by atoms with Crippen molar-refractivity contribution >= 4 is 33.9 Å². The molecule has 3 rings (SSSR count). The zero-order valence-corrected chi connectivity index (χ0v) is 15.4. The molecule has 0 aliphatic heterocycles. The lowest BCUT2D eigenvalue weighted by Gasteiger charge is -2.09. The number of nitrogens with zero attached hydrogens (tertiary/aromatic N) is 2. The van der Waals surface area contributed by atoms with E-state index in [0.717, 1.165) is 21.5 Å². The number of aromatic nitrogens is 2. The van der Waals surface area contributed by atoms with Crippen LogP contribution in [0.15, 0.2) is 35.1 Å². The van der Waals surface area contributed by atoms with Crippen LogP contribution in [0.2, 0.25) is 0 Å². The number of rotatable bonds is 3. The second-order valence-corrected chi connectivity index (χ2v) is 6.94. The number of amides is 2. The van der Waals surface area contributed by atoms with Crippen LogP contribution in [-0.2, 0) is 13.5 Å². The maximum atomic E-state index is 12.5. The minimum Gasteiger partial charge on any atom is -0.267 e. The molecule has 26 heavy (non-hydrogen) atoms. The molecular weight excluding hydrogens is 352 g/mol. The smallest absolute Gasteiger partial charge is 0.267 e. The first kappa shape index (κ1) is 17.8. The highest BCUT2D eigenvalue weighted by Gasteiger charge is 2.17. The molecule has 3 aromatic rings. The number of carbonyl (C=O) groups is 2. The number of benzene rings is 1. The van der Waals surface area contributed by atoms with Crippen molar-refractivity contribution in [1.29, 1.82) is 0 Å². The molecule has 2 heterocycles. The van der Waals surface area contributed by atoms with E-state index < -0.39 is 5.91 Å². The van der Waals surface area contributed by atoms with Gasteiger partial charge in [-0.3, -0.25) is 25.2 Å². The lowest BCUT2D eigenvalue weighted by Crippen LogP contribution is -2.42. The largest absolute Gasteiger partial charge is 0.290 e. The minimum atomic E-state index is -0.589. The van der Waals surface area contributed by atoms with Gasteiger partial charge < -0.3 is 0 Å². The van der Waals surface area contributed by atoms with Crippen molar-refractivity contribution in [2.24, 2.45) is 7.05 Å². The maximum absolute atomic E-state index is 12.5. The standard InChI is InChI=1S/C18H18N4O3S/c1-4-13-10(2)9-14(26-13)16(23)19-20-17(24)15-11-7-5-6-8-12(11)18(25)22(3)21-15/h5-9H,4H2,1-3H3,(H,19,23)(H,20,24). The Hall–Kier alpha value is -3.00. The van der Waals surface area contributed by atoms with Gasteiger partial charge in [0.1, 0.15) is 0 Å². The molecule has 2 aromatic heterocycles. The first-order valence-corrected chi connectivity index (χ1v) is 8.90. The molecule has 0 radical (unpaired) electrons. The van der Waals surface area contributed by atoms with Crippen molar-refractivity contribution in [2.45, 2.75) is 20.3 Å². The predicted octanol–water partition coefficient (Wildman–Crippen LogP) is 1.94. The third-order valence-electron chi connectivity index (χ3n) is 4.03. The SMILES string of the molecule is CCc1sc(C(=O)NNC(=O)c2nn(C)c(=O)c3ccccc23)cc1C. The van der Waals surface area contributed by atoms with Crippen LogP contribution in [0.4, 0.5) is 0 Å². The van der Waals surface area contributed by atoms with Crippen LogP contribution in [-0.4, -0.2) is 21.6 Å². The molecular formula is C18H18N4O3S. The summed E-state index contributed by atoms with van der Waals surface area (Å²) in [5.74, 6) is -0.977. The van der Waals surface area contributed by atoms with E-state index in [4.69, 9.17) is 0 Å². The van der Waals surface area contributed by atoms with E-state index in [9.17, 15) is 14.4 Å². The molecule has 7 nitrogen and oxygen atoms in total. The quantitative estimate of drug-likeness (QED) is 0.689. The zero-order valence-electron chi connectivity index (χ0n) is 14.6. The normalized spacial score (nSPS) is 10.7. The van der Waals surface area contributed by atoms with E-state index in [1.165, 1.54) is 18.4 Å². The Morgan fingerprint density at radius 2 is 1.81 bits per heavy atom. The summed E-state index contributed by atoms with van der Waals surface area (Å²) in [6, 6.07) is 8.52. The molecule has 0 fully saturated rings. The molecule has 1 aromatic carbocycles. The molecule has 8 heteroatoms. The second-order valence-electron chi connectivity index (χ2n) is 5.80. The molecule has 0 aliphatic carbocycles. The van der Waals surface area contributed by atoms with E-state index in [1.54, 1.807) is 30.3 Å². The molecule has 0 aliphatic rings. The van der Waals surface area contributed by atoms with Crippen LogP contribution in [0.3, 0.4) is 0 Å². The lowest BCUT2D eigenvalue weighted by atomic mass is 10.1. The molecule has 2 amide bonds. The third-order valence-corrected chi connectivity index (χ3v) is 5.41. The van der Waals surface area contributed by atoms with Crippen molar-refractivity contribution in [3.8, 4) is 0 Å². The highest BCUT2D eigenvalue weighted by Crippen LogP contribution is 2.22. The van der Waals surface area contributed by atoms with Gasteiger partial charge >= 0.3 is 0 Å². The second kappa shape index (κ2) is 7.09. The van der Waals surface area contributed by atoms with Gasteiger partial charge in [0.15, 0.2) is 5.69 Å². The molecule has 0 atom stereocenters. The average Bonchev–Trinajstić information content (AvgIpc) is 3.03. The summed E-state index contributed by atoms with van der Waals surface area (Å²) in [4.78, 5) is 38.5.